The van der Waals surface area contributed by atoms with Gasteiger partial charge in [0.05, 0.1) is 12.5 Å². The second-order valence-corrected chi connectivity index (χ2v) is 4.06. The van der Waals surface area contributed by atoms with E-state index in [2.05, 4.69) is 44.6 Å². The van der Waals surface area contributed by atoms with Crippen LogP contribution in [0.5, 0.6) is 0 Å². The summed E-state index contributed by atoms with van der Waals surface area (Å²) < 4.78 is 0. The molecular formula is C12H20N2. The quantitative estimate of drug-likeness (QED) is 0.625. The molecule has 0 heterocycles. The van der Waals surface area contributed by atoms with Crippen molar-refractivity contribution in [1.29, 1.82) is 5.26 Å². The van der Waals surface area contributed by atoms with Gasteiger partial charge in [-0.3, -0.25) is 4.90 Å². The molecule has 0 saturated carbocycles. The highest BCUT2D eigenvalue weighted by atomic mass is 15.2. The summed E-state index contributed by atoms with van der Waals surface area (Å²) in [6.45, 7) is 8.56. The van der Waals surface area contributed by atoms with E-state index < -0.39 is 0 Å². The van der Waals surface area contributed by atoms with Crippen molar-refractivity contribution in [2.24, 2.45) is 0 Å². The molecule has 2 nitrogen and oxygen atoms in total. The smallest absolute Gasteiger partial charge is 0.0638 e. The monoisotopic (exact) mass is 192 g/mol. The number of nitriles is 1. The van der Waals surface area contributed by atoms with Crippen LogP contribution in [0.4, 0.5) is 0 Å². The highest BCUT2D eigenvalue weighted by Crippen LogP contribution is 2.15. The van der Waals surface area contributed by atoms with Crippen molar-refractivity contribution >= 4 is 0 Å². The molecule has 0 aliphatic rings. The summed E-state index contributed by atoms with van der Waals surface area (Å²) in [5.74, 6) is 2.65. The van der Waals surface area contributed by atoms with E-state index in [-0.39, 0.29) is 6.04 Å². The highest BCUT2D eigenvalue weighted by molar-refractivity contribution is 4.95. The van der Waals surface area contributed by atoms with E-state index >= 15 is 0 Å². The van der Waals surface area contributed by atoms with Crippen molar-refractivity contribution in [3.63, 3.8) is 0 Å². The molecule has 0 saturated heterocycles. The van der Waals surface area contributed by atoms with Crippen LogP contribution in [0.3, 0.4) is 0 Å². The molecule has 0 amide bonds. The van der Waals surface area contributed by atoms with Gasteiger partial charge in [0.2, 0.25) is 0 Å². The van der Waals surface area contributed by atoms with Crippen LogP contribution >= 0.6 is 0 Å². The molecule has 0 aromatic carbocycles. The first kappa shape index (κ1) is 13.0. The molecular weight excluding hydrogens is 172 g/mol. The fourth-order valence-corrected chi connectivity index (χ4v) is 1.96. The van der Waals surface area contributed by atoms with Crippen LogP contribution in [-0.4, -0.2) is 23.0 Å². The zero-order valence-corrected chi connectivity index (χ0v) is 9.62. The van der Waals surface area contributed by atoms with Gasteiger partial charge in [0.15, 0.2) is 0 Å². The molecule has 0 N–H and O–H groups in total. The third kappa shape index (κ3) is 3.81. The minimum atomic E-state index is 0.199. The topological polar surface area (TPSA) is 27.0 Å². The molecule has 78 valence electrons. The summed E-state index contributed by atoms with van der Waals surface area (Å²) in [5, 5.41) is 8.73. The number of hydrogen-bond acceptors (Lipinski definition) is 2. The predicted octanol–water partition coefficient (Wildman–Crippen LogP) is 2.41. The number of rotatable bonds is 5. The molecule has 0 bridgehead atoms. The van der Waals surface area contributed by atoms with Gasteiger partial charge in [0, 0.05) is 24.5 Å². The maximum Gasteiger partial charge on any atom is 0.0638 e. The third-order valence-corrected chi connectivity index (χ3v) is 2.29. The van der Waals surface area contributed by atoms with E-state index in [0.717, 1.165) is 0 Å². The minimum absolute atomic E-state index is 0.199. The number of nitrogens with zero attached hydrogens (tertiary/aromatic N) is 2. The molecule has 0 radical (unpaired) electrons. The van der Waals surface area contributed by atoms with Crippen molar-refractivity contribution in [1.82, 2.24) is 4.90 Å². The first-order valence-electron chi connectivity index (χ1n) is 5.12. The van der Waals surface area contributed by atoms with Crippen LogP contribution in [0.2, 0.25) is 0 Å². The summed E-state index contributed by atoms with van der Waals surface area (Å²) in [4.78, 5) is 2.31. The Morgan fingerprint density at radius 1 is 1.14 bits per heavy atom. The standard InChI is InChI=1S/C12H20N2/c1-6-7-12(8-9-13)14(10(2)3)11(4)5/h1,10-12H,7-8H2,2-5H3. The maximum absolute atomic E-state index is 8.73. The van der Waals surface area contributed by atoms with Crippen molar-refractivity contribution in [2.45, 2.75) is 58.7 Å². The fourth-order valence-electron chi connectivity index (χ4n) is 1.96. The summed E-state index contributed by atoms with van der Waals surface area (Å²) in [5.41, 5.74) is 0. The number of hydrogen-bond donors (Lipinski definition) is 0. The summed E-state index contributed by atoms with van der Waals surface area (Å²) in [7, 11) is 0. The molecule has 0 fully saturated rings. The van der Waals surface area contributed by atoms with Gasteiger partial charge in [0.1, 0.15) is 0 Å². The Hall–Kier alpha value is -0.990. The molecule has 14 heavy (non-hydrogen) atoms. The molecule has 0 rings (SSSR count). The predicted molar refractivity (Wildman–Crippen MR) is 59.6 cm³/mol. The largest absolute Gasteiger partial charge is 0.294 e. The van der Waals surface area contributed by atoms with Gasteiger partial charge < -0.3 is 0 Å². The molecule has 0 aliphatic carbocycles. The van der Waals surface area contributed by atoms with Gasteiger partial charge in [-0.2, -0.15) is 5.26 Å². The number of terminal acetylenes is 1. The van der Waals surface area contributed by atoms with E-state index in [1.54, 1.807) is 0 Å². The van der Waals surface area contributed by atoms with Crippen LogP contribution in [0.1, 0.15) is 40.5 Å². The van der Waals surface area contributed by atoms with Gasteiger partial charge in [-0.05, 0) is 27.7 Å². The Balaban J connectivity index is 4.58. The lowest BCUT2D eigenvalue weighted by Gasteiger charge is -2.36. The Bertz CT molecular complexity index is 206. The van der Waals surface area contributed by atoms with Gasteiger partial charge in [-0.15, -0.1) is 12.3 Å². The minimum Gasteiger partial charge on any atom is -0.294 e. The SMILES string of the molecule is C#CCC(CC#N)N(C(C)C)C(C)C. The average molecular weight is 192 g/mol. The molecule has 0 spiro atoms. The first-order chi connectivity index (χ1) is 6.54. The zero-order valence-electron chi connectivity index (χ0n) is 9.62. The Morgan fingerprint density at radius 3 is 1.93 bits per heavy atom. The molecule has 0 aromatic heterocycles. The van der Waals surface area contributed by atoms with E-state index in [9.17, 15) is 0 Å². The third-order valence-electron chi connectivity index (χ3n) is 2.29. The summed E-state index contributed by atoms with van der Waals surface area (Å²) in [6.07, 6.45) is 6.48. The van der Waals surface area contributed by atoms with E-state index in [0.29, 0.717) is 24.9 Å². The lowest BCUT2D eigenvalue weighted by atomic mass is 10.1. The average Bonchev–Trinajstić information content (AvgIpc) is 2.03. The lowest BCUT2D eigenvalue weighted by molar-refractivity contribution is 0.117. The van der Waals surface area contributed by atoms with Crippen molar-refractivity contribution < 1.29 is 0 Å². The maximum atomic E-state index is 8.73. The molecule has 1 unspecified atom stereocenters. The second-order valence-electron chi connectivity index (χ2n) is 4.06. The summed E-state index contributed by atoms with van der Waals surface area (Å²) in [6, 6.07) is 3.27. The lowest BCUT2D eigenvalue weighted by Crippen LogP contribution is -2.44. The van der Waals surface area contributed by atoms with Gasteiger partial charge in [0.25, 0.3) is 0 Å². The van der Waals surface area contributed by atoms with Gasteiger partial charge in [-0.1, -0.05) is 0 Å². The van der Waals surface area contributed by atoms with Gasteiger partial charge >= 0.3 is 0 Å². The molecule has 2 heteroatoms. The Morgan fingerprint density at radius 2 is 1.64 bits per heavy atom. The van der Waals surface area contributed by atoms with E-state index in [4.69, 9.17) is 11.7 Å². The van der Waals surface area contributed by atoms with Crippen molar-refractivity contribution in [2.75, 3.05) is 0 Å². The van der Waals surface area contributed by atoms with Crippen LogP contribution < -0.4 is 0 Å². The normalized spacial score (nSPS) is 12.9. The fraction of sp³-hybridized carbons (Fsp3) is 0.750. The van der Waals surface area contributed by atoms with Crippen molar-refractivity contribution in [3.8, 4) is 18.4 Å². The second kappa shape index (κ2) is 6.46. The van der Waals surface area contributed by atoms with E-state index in [1.807, 2.05) is 0 Å². The molecule has 0 aromatic rings. The Kier molecular flexibility index (Phi) is 6.00. The Labute approximate surface area is 87.9 Å². The van der Waals surface area contributed by atoms with Crippen LogP contribution in [0.15, 0.2) is 0 Å². The van der Waals surface area contributed by atoms with Crippen LogP contribution in [0.25, 0.3) is 0 Å². The highest BCUT2D eigenvalue weighted by Gasteiger charge is 2.22. The van der Waals surface area contributed by atoms with E-state index in [1.165, 1.54) is 0 Å². The zero-order chi connectivity index (χ0) is 11.1. The van der Waals surface area contributed by atoms with Crippen molar-refractivity contribution in [3.05, 3.63) is 0 Å². The first-order valence-corrected chi connectivity index (χ1v) is 5.12. The van der Waals surface area contributed by atoms with Crippen LogP contribution in [0, 0.1) is 23.7 Å². The molecule has 0 aliphatic heterocycles. The summed E-state index contributed by atoms with van der Waals surface area (Å²) >= 11 is 0. The van der Waals surface area contributed by atoms with Gasteiger partial charge in [-0.25, -0.2) is 0 Å². The van der Waals surface area contributed by atoms with Crippen LogP contribution in [-0.2, 0) is 0 Å². The molecule has 1 atom stereocenters.